The lowest BCUT2D eigenvalue weighted by Gasteiger charge is -2.10. The number of phenols is 2. The van der Waals surface area contributed by atoms with Gasteiger partial charge in [0.05, 0.1) is 0 Å². The molecule has 0 saturated carbocycles. The molecule has 0 fully saturated rings. The Labute approximate surface area is 121 Å². The quantitative estimate of drug-likeness (QED) is 0.813. The van der Waals surface area contributed by atoms with E-state index in [9.17, 15) is 19.4 Å². The Balaban J connectivity index is 2.15. The van der Waals surface area contributed by atoms with Crippen molar-refractivity contribution in [1.82, 2.24) is 5.32 Å². The number of nitrogens with one attached hydrogen (secondary N) is 1. The van der Waals surface area contributed by atoms with Crippen molar-refractivity contribution < 1.29 is 19.4 Å². The fourth-order valence-corrected chi connectivity index (χ4v) is 2.17. The Hall–Kier alpha value is -2.56. The summed E-state index contributed by atoms with van der Waals surface area (Å²) in [6.45, 7) is 3.49. The van der Waals surface area contributed by atoms with Crippen LogP contribution in [0, 0.1) is 19.7 Å². The number of carbonyl (C=O) groups excluding carboxylic acids is 1. The minimum atomic E-state index is -0.592. The van der Waals surface area contributed by atoms with Crippen LogP contribution in [-0.2, 0) is 6.54 Å². The summed E-state index contributed by atoms with van der Waals surface area (Å²) in [5, 5.41) is 21.8. The van der Waals surface area contributed by atoms with Gasteiger partial charge in [0.2, 0.25) is 0 Å². The monoisotopic (exact) mass is 289 g/mol. The van der Waals surface area contributed by atoms with Gasteiger partial charge in [0.15, 0.2) is 0 Å². The first kappa shape index (κ1) is 14.8. The molecule has 2 rings (SSSR count). The van der Waals surface area contributed by atoms with Crippen molar-refractivity contribution >= 4 is 5.91 Å². The summed E-state index contributed by atoms with van der Waals surface area (Å²) in [5.41, 5.74) is 1.58. The topological polar surface area (TPSA) is 69.6 Å². The van der Waals surface area contributed by atoms with Crippen LogP contribution in [0.4, 0.5) is 4.39 Å². The molecule has 2 aromatic rings. The van der Waals surface area contributed by atoms with E-state index >= 15 is 0 Å². The minimum Gasteiger partial charge on any atom is -0.507 e. The molecule has 21 heavy (non-hydrogen) atoms. The maximum atomic E-state index is 13.5. The zero-order chi connectivity index (χ0) is 15.6. The summed E-state index contributed by atoms with van der Waals surface area (Å²) in [4.78, 5) is 12.0. The maximum absolute atomic E-state index is 13.5. The number of carbonyl (C=O) groups is 1. The van der Waals surface area contributed by atoms with Gasteiger partial charge in [0.25, 0.3) is 5.91 Å². The molecular weight excluding hydrogens is 273 g/mol. The third-order valence-corrected chi connectivity index (χ3v) is 3.20. The molecule has 4 nitrogen and oxygen atoms in total. The largest absolute Gasteiger partial charge is 0.507 e. The van der Waals surface area contributed by atoms with Gasteiger partial charge in [-0.1, -0.05) is 18.2 Å². The fraction of sp³-hybridized carbons (Fsp3) is 0.188. The molecule has 0 spiro atoms. The Bertz CT molecular complexity index is 655. The van der Waals surface area contributed by atoms with Crippen LogP contribution < -0.4 is 5.32 Å². The van der Waals surface area contributed by atoms with Crippen molar-refractivity contribution in [3.05, 3.63) is 58.4 Å². The molecule has 0 unspecified atom stereocenters. The second-order valence-electron chi connectivity index (χ2n) is 4.90. The lowest BCUT2D eigenvalue weighted by molar-refractivity contribution is 0.0945. The summed E-state index contributed by atoms with van der Waals surface area (Å²) in [6.07, 6.45) is 0. The van der Waals surface area contributed by atoms with E-state index in [1.807, 2.05) is 0 Å². The number of hydrogen-bond donors (Lipinski definition) is 3. The van der Waals surface area contributed by atoms with E-state index in [0.29, 0.717) is 11.1 Å². The molecule has 2 aromatic carbocycles. The molecule has 0 aliphatic carbocycles. The van der Waals surface area contributed by atoms with E-state index in [2.05, 4.69) is 5.32 Å². The van der Waals surface area contributed by atoms with Gasteiger partial charge < -0.3 is 15.5 Å². The van der Waals surface area contributed by atoms with Crippen molar-refractivity contribution in [2.75, 3.05) is 0 Å². The molecule has 0 bridgehead atoms. The van der Waals surface area contributed by atoms with Gasteiger partial charge in [0, 0.05) is 6.54 Å². The molecule has 0 aliphatic rings. The fourth-order valence-electron chi connectivity index (χ4n) is 2.17. The predicted octanol–water partition coefficient (Wildman–Crippen LogP) is 2.78. The molecular formula is C16H16FNO3. The molecule has 1 amide bonds. The molecule has 0 saturated heterocycles. The number of aryl methyl sites for hydroxylation is 2. The summed E-state index contributed by atoms with van der Waals surface area (Å²) < 4.78 is 13.5. The van der Waals surface area contributed by atoms with Crippen molar-refractivity contribution in [2.45, 2.75) is 20.4 Å². The summed E-state index contributed by atoms with van der Waals surface area (Å²) in [6, 6.07) is 7.37. The third-order valence-electron chi connectivity index (χ3n) is 3.20. The zero-order valence-electron chi connectivity index (χ0n) is 11.8. The molecule has 0 heterocycles. The van der Waals surface area contributed by atoms with Gasteiger partial charge in [-0.3, -0.25) is 4.79 Å². The number of rotatable bonds is 3. The van der Waals surface area contributed by atoms with Gasteiger partial charge in [-0.25, -0.2) is 4.39 Å². The molecule has 0 aromatic heterocycles. The Morgan fingerprint density at radius 3 is 2.19 bits per heavy atom. The van der Waals surface area contributed by atoms with E-state index in [0.717, 1.165) is 5.56 Å². The van der Waals surface area contributed by atoms with Gasteiger partial charge in [0.1, 0.15) is 22.9 Å². The maximum Gasteiger partial charge on any atom is 0.259 e. The number of halogens is 1. The number of phenolic OH excluding ortho intramolecular Hbond substituents is 2. The molecule has 110 valence electrons. The van der Waals surface area contributed by atoms with Crippen LogP contribution in [0.1, 0.15) is 27.0 Å². The lowest BCUT2D eigenvalue weighted by atomic mass is 10.1. The predicted molar refractivity (Wildman–Crippen MR) is 76.8 cm³/mol. The van der Waals surface area contributed by atoms with Gasteiger partial charge in [-0.15, -0.1) is 0 Å². The second kappa shape index (κ2) is 5.83. The van der Waals surface area contributed by atoms with Crippen molar-refractivity contribution in [1.29, 1.82) is 0 Å². The first-order chi connectivity index (χ1) is 9.90. The van der Waals surface area contributed by atoms with E-state index in [1.54, 1.807) is 26.0 Å². The average Bonchev–Trinajstić information content (AvgIpc) is 2.42. The van der Waals surface area contributed by atoms with E-state index in [4.69, 9.17) is 0 Å². The molecule has 0 atom stereocenters. The highest BCUT2D eigenvalue weighted by molar-refractivity contribution is 5.99. The van der Waals surface area contributed by atoms with Crippen LogP contribution in [0.25, 0.3) is 0 Å². The zero-order valence-corrected chi connectivity index (χ0v) is 11.8. The number of amides is 1. The first-order valence-electron chi connectivity index (χ1n) is 6.45. The molecule has 0 aliphatic heterocycles. The normalized spacial score (nSPS) is 10.4. The first-order valence-corrected chi connectivity index (χ1v) is 6.45. The van der Waals surface area contributed by atoms with Crippen LogP contribution in [0.5, 0.6) is 11.5 Å². The van der Waals surface area contributed by atoms with Gasteiger partial charge >= 0.3 is 0 Å². The highest BCUT2D eigenvalue weighted by Crippen LogP contribution is 2.26. The highest BCUT2D eigenvalue weighted by atomic mass is 19.1. The smallest absolute Gasteiger partial charge is 0.259 e. The van der Waals surface area contributed by atoms with Crippen LogP contribution in [0.3, 0.4) is 0 Å². The van der Waals surface area contributed by atoms with E-state index < -0.39 is 5.91 Å². The van der Waals surface area contributed by atoms with E-state index in [-0.39, 0.29) is 29.4 Å². The van der Waals surface area contributed by atoms with Crippen molar-refractivity contribution in [3.8, 4) is 11.5 Å². The van der Waals surface area contributed by atoms with Crippen molar-refractivity contribution in [2.24, 2.45) is 0 Å². The highest BCUT2D eigenvalue weighted by Gasteiger charge is 2.15. The van der Waals surface area contributed by atoms with Crippen LogP contribution >= 0.6 is 0 Å². The Morgan fingerprint density at radius 2 is 1.67 bits per heavy atom. The Morgan fingerprint density at radius 1 is 1.14 bits per heavy atom. The SMILES string of the molecule is Cc1cc(CNC(=O)c2c(O)cccc2O)cc(C)c1F. The van der Waals surface area contributed by atoms with Crippen molar-refractivity contribution in [3.63, 3.8) is 0 Å². The third kappa shape index (κ3) is 3.13. The molecule has 3 N–H and O–H groups in total. The van der Waals surface area contributed by atoms with E-state index in [1.165, 1.54) is 18.2 Å². The number of hydrogen-bond acceptors (Lipinski definition) is 3. The van der Waals surface area contributed by atoms with Crippen LogP contribution in [0.2, 0.25) is 0 Å². The summed E-state index contributed by atoms with van der Waals surface area (Å²) in [7, 11) is 0. The summed E-state index contributed by atoms with van der Waals surface area (Å²) >= 11 is 0. The number of benzene rings is 2. The Kier molecular flexibility index (Phi) is 4.12. The standard InChI is InChI=1S/C16H16FNO3/c1-9-6-11(7-10(2)15(9)17)8-18-16(21)14-12(19)4-3-5-13(14)20/h3-7,19-20H,8H2,1-2H3,(H,18,21). The van der Waals surface area contributed by atoms with Gasteiger partial charge in [-0.05, 0) is 42.7 Å². The van der Waals surface area contributed by atoms with Gasteiger partial charge in [-0.2, -0.15) is 0 Å². The molecule has 5 heteroatoms. The summed E-state index contributed by atoms with van der Waals surface area (Å²) in [5.74, 6) is -1.44. The molecule has 0 radical (unpaired) electrons. The van der Waals surface area contributed by atoms with Crippen LogP contribution in [-0.4, -0.2) is 16.1 Å². The van der Waals surface area contributed by atoms with Crippen LogP contribution in [0.15, 0.2) is 30.3 Å². The second-order valence-corrected chi connectivity index (χ2v) is 4.90. The average molecular weight is 289 g/mol. The lowest BCUT2D eigenvalue weighted by Crippen LogP contribution is -2.23. The number of aromatic hydroxyl groups is 2. The minimum absolute atomic E-state index is 0.173.